The van der Waals surface area contributed by atoms with Crippen LogP contribution in [-0.4, -0.2) is 37.0 Å². The van der Waals surface area contributed by atoms with Gasteiger partial charge in [-0.2, -0.15) is 0 Å². The predicted octanol–water partition coefficient (Wildman–Crippen LogP) is 3.06. The van der Waals surface area contributed by atoms with E-state index in [2.05, 4.69) is 10.6 Å². The third-order valence-corrected chi connectivity index (χ3v) is 4.63. The first-order valence-electron chi connectivity index (χ1n) is 9.66. The van der Waals surface area contributed by atoms with Crippen molar-refractivity contribution in [1.29, 1.82) is 5.41 Å². The number of carbonyl (C=O) groups is 1. The lowest BCUT2D eigenvalue weighted by molar-refractivity contribution is 0.0944. The van der Waals surface area contributed by atoms with Crippen molar-refractivity contribution in [3.8, 4) is 5.75 Å². The Bertz CT molecular complexity index is 1020. The van der Waals surface area contributed by atoms with Crippen LogP contribution in [0.2, 0.25) is 0 Å². The second-order valence-corrected chi connectivity index (χ2v) is 6.70. The monoisotopic (exact) mass is 403 g/mol. The Morgan fingerprint density at radius 2 is 2.03 bits per heavy atom. The van der Waals surface area contributed by atoms with Crippen LogP contribution in [0.5, 0.6) is 5.75 Å². The Kier molecular flexibility index (Phi) is 7.19. The standard InChI is InChI=1S/C24H25N3O3/c1-30-20-8-2-5-17(13-20)15-26-16-22-21(9-4-10-23(22)25)18-6-3-7-19(14-18)24(29)27-11-12-28/h2-10,13-14,16,25-26,28H,11-12,15H2,1H3,(H,27,29)/b22-16-,25-23?. The van der Waals surface area contributed by atoms with Gasteiger partial charge in [0, 0.05) is 30.4 Å². The van der Waals surface area contributed by atoms with Crippen LogP contribution in [0.1, 0.15) is 21.5 Å². The summed E-state index contributed by atoms with van der Waals surface area (Å²) in [6.07, 6.45) is 7.33. The van der Waals surface area contributed by atoms with E-state index in [4.69, 9.17) is 15.3 Å². The van der Waals surface area contributed by atoms with Crippen LogP contribution in [0, 0.1) is 5.41 Å². The number of carbonyl (C=O) groups excluding carboxylic acids is 1. The molecule has 0 spiro atoms. The van der Waals surface area contributed by atoms with E-state index in [1.807, 2.05) is 54.8 Å². The van der Waals surface area contributed by atoms with E-state index >= 15 is 0 Å². The molecule has 0 saturated carbocycles. The number of ether oxygens (including phenoxy) is 1. The van der Waals surface area contributed by atoms with Crippen molar-refractivity contribution >= 4 is 17.2 Å². The summed E-state index contributed by atoms with van der Waals surface area (Å²) < 4.78 is 5.26. The minimum absolute atomic E-state index is 0.107. The second-order valence-electron chi connectivity index (χ2n) is 6.70. The molecule has 0 unspecified atom stereocenters. The molecule has 0 saturated heterocycles. The van der Waals surface area contributed by atoms with Crippen LogP contribution in [0.15, 0.2) is 78.5 Å². The van der Waals surface area contributed by atoms with Crippen molar-refractivity contribution < 1.29 is 14.6 Å². The van der Waals surface area contributed by atoms with Crippen molar-refractivity contribution in [1.82, 2.24) is 10.6 Å². The molecule has 0 aromatic heterocycles. The molecule has 0 atom stereocenters. The molecule has 1 aliphatic carbocycles. The van der Waals surface area contributed by atoms with Crippen molar-refractivity contribution in [2.45, 2.75) is 6.54 Å². The molecular formula is C24H25N3O3. The molecule has 1 amide bonds. The van der Waals surface area contributed by atoms with Crippen LogP contribution < -0.4 is 15.4 Å². The van der Waals surface area contributed by atoms with E-state index in [0.717, 1.165) is 28.0 Å². The molecule has 154 valence electrons. The van der Waals surface area contributed by atoms with Gasteiger partial charge in [-0.05, 0) is 47.0 Å². The zero-order chi connectivity index (χ0) is 21.3. The third kappa shape index (κ3) is 5.24. The number of hydrogen-bond donors (Lipinski definition) is 4. The summed E-state index contributed by atoms with van der Waals surface area (Å²) in [6.45, 7) is 0.692. The Morgan fingerprint density at radius 1 is 1.20 bits per heavy atom. The maximum Gasteiger partial charge on any atom is 0.251 e. The van der Waals surface area contributed by atoms with E-state index in [-0.39, 0.29) is 19.1 Å². The summed E-state index contributed by atoms with van der Waals surface area (Å²) >= 11 is 0. The average Bonchev–Trinajstić information content (AvgIpc) is 2.78. The quantitative estimate of drug-likeness (QED) is 0.545. The predicted molar refractivity (Wildman–Crippen MR) is 119 cm³/mol. The molecular weight excluding hydrogens is 378 g/mol. The van der Waals surface area contributed by atoms with E-state index in [0.29, 0.717) is 17.8 Å². The lowest BCUT2D eigenvalue weighted by atomic mass is 9.90. The number of rotatable bonds is 8. The van der Waals surface area contributed by atoms with Gasteiger partial charge in [0.15, 0.2) is 0 Å². The number of allylic oxidation sites excluding steroid dienone is 5. The number of amides is 1. The minimum Gasteiger partial charge on any atom is -0.497 e. The molecule has 0 fully saturated rings. The fraction of sp³-hybridized carbons (Fsp3) is 0.167. The summed E-state index contributed by atoms with van der Waals surface area (Å²) in [5.74, 6) is 0.557. The van der Waals surface area contributed by atoms with Crippen LogP contribution >= 0.6 is 0 Å². The van der Waals surface area contributed by atoms with Gasteiger partial charge in [0.2, 0.25) is 0 Å². The molecule has 6 nitrogen and oxygen atoms in total. The number of hydrogen-bond acceptors (Lipinski definition) is 5. The maximum atomic E-state index is 12.2. The Labute approximate surface area is 176 Å². The molecule has 2 aromatic carbocycles. The summed E-state index contributed by atoms with van der Waals surface area (Å²) in [4.78, 5) is 12.2. The van der Waals surface area contributed by atoms with E-state index in [1.165, 1.54) is 0 Å². The molecule has 0 bridgehead atoms. The Hall–Kier alpha value is -3.64. The van der Waals surface area contributed by atoms with Crippen LogP contribution in [-0.2, 0) is 6.54 Å². The summed E-state index contributed by atoms with van der Waals surface area (Å²) in [5, 5.41) is 23.2. The first-order valence-corrected chi connectivity index (χ1v) is 9.66. The molecule has 2 aromatic rings. The average molecular weight is 403 g/mol. The first kappa shape index (κ1) is 21.1. The highest BCUT2D eigenvalue weighted by Gasteiger charge is 2.15. The molecule has 4 N–H and O–H groups in total. The smallest absolute Gasteiger partial charge is 0.251 e. The lowest BCUT2D eigenvalue weighted by Crippen LogP contribution is -2.26. The number of aliphatic hydroxyl groups excluding tert-OH is 1. The van der Waals surface area contributed by atoms with Crippen molar-refractivity contribution in [2.75, 3.05) is 20.3 Å². The second kappa shape index (κ2) is 10.2. The Balaban J connectivity index is 1.80. The molecule has 0 aliphatic heterocycles. The van der Waals surface area contributed by atoms with Gasteiger partial charge in [0.1, 0.15) is 5.75 Å². The fourth-order valence-electron chi connectivity index (χ4n) is 3.13. The summed E-state index contributed by atoms with van der Waals surface area (Å²) in [7, 11) is 1.64. The van der Waals surface area contributed by atoms with Crippen molar-refractivity contribution in [3.05, 3.63) is 95.2 Å². The minimum atomic E-state index is -0.241. The SMILES string of the molecule is COc1cccc(CN/C=C2\C(=N)C=CC=C2c2cccc(C(=O)NCCO)c2)c1. The summed E-state index contributed by atoms with van der Waals surface area (Å²) in [5.41, 5.74) is 4.41. The highest BCUT2D eigenvalue weighted by molar-refractivity contribution is 6.19. The molecule has 6 heteroatoms. The number of nitrogens with one attached hydrogen (secondary N) is 3. The maximum absolute atomic E-state index is 12.2. The van der Waals surface area contributed by atoms with Crippen LogP contribution in [0.25, 0.3) is 5.57 Å². The van der Waals surface area contributed by atoms with Crippen molar-refractivity contribution in [3.63, 3.8) is 0 Å². The van der Waals surface area contributed by atoms with Gasteiger partial charge in [-0.25, -0.2) is 0 Å². The number of methoxy groups -OCH3 is 1. The van der Waals surface area contributed by atoms with E-state index in [9.17, 15) is 4.79 Å². The zero-order valence-electron chi connectivity index (χ0n) is 16.8. The summed E-state index contributed by atoms with van der Waals surface area (Å²) in [6, 6.07) is 15.0. The fourth-order valence-corrected chi connectivity index (χ4v) is 3.13. The van der Waals surface area contributed by atoms with Gasteiger partial charge in [0.05, 0.1) is 19.4 Å². The highest BCUT2D eigenvalue weighted by Crippen LogP contribution is 2.27. The van der Waals surface area contributed by atoms with Gasteiger partial charge in [-0.1, -0.05) is 36.4 Å². The van der Waals surface area contributed by atoms with Gasteiger partial charge in [0.25, 0.3) is 5.91 Å². The molecule has 0 heterocycles. The van der Waals surface area contributed by atoms with Gasteiger partial charge >= 0.3 is 0 Å². The molecule has 1 aliphatic rings. The van der Waals surface area contributed by atoms with Gasteiger partial charge < -0.3 is 25.9 Å². The van der Waals surface area contributed by atoms with E-state index < -0.39 is 0 Å². The third-order valence-electron chi connectivity index (χ3n) is 4.63. The van der Waals surface area contributed by atoms with E-state index in [1.54, 1.807) is 25.3 Å². The lowest BCUT2D eigenvalue weighted by Gasteiger charge is -2.16. The van der Waals surface area contributed by atoms with Gasteiger partial charge in [-0.3, -0.25) is 4.79 Å². The Morgan fingerprint density at radius 3 is 2.83 bits per heavy atom. The topological polar surface area (TPSA) is 94.4 Å². The normalized spacial score (nSPS) is 14.4. The van der Waals surface area contributed by atoms with Crippen LogP contribution in [0.3, 0.4) is 0 Å². The van der Waals surface area contributed by atoms with Crippen molar-refractivity contribution in [2.24, 2.45) is 0 Å². The molecule has 3 rings (SSSR count). The van der Waals surface area contributed by atoms with Gasteiger partial charge in [-0.15, -0.1) is 0 Å². The molecule has 30 heavy (non-hydrogen) atoms. The first-order chi connectivity index (χ1) is 14.6. The highest BCUT2D eigenvalue weighted by atomic mass is 16.5. The number of benzene rings is 2. The zero-order valence-corrected chi connectivity index (χ0v) is 16.8. The van der Waals surface area contributed by atoms with Crippen LogP contribution in [0.4, 0.5) is 0 Å². The number of aliphatic hydroxyl groups is 1. The largest absolute Gasteiger partial charge is 0.497 e. The molecule has 0 radical (unpaired) electrons.